The largest absolute Gasteiger partial charge is 0.497 e. The number of hydrogen-bond donors (Lipinski definition) is 0. The Kier molecular flexibility index (Phi) is 5.39. The van der Waals surface area contributed by atoms with Crippen LogP contribution >= 0.6 is 0 Å². The Morgan fingerprint density at radius 2 is 1.59 bits per heavy atom. The summed E-state index contributed by atoms with van der Waals surface area (Å²) in [6.45, 7) is 0.698. The number of benzene rings is 3. The van der Waals surface area contributed by atoms with Gasteiger partial charge in [-0.25, -0.2) is 8.42 Å². The van der Waals surface area contributed by atoms with E-state index in [1.165, 1.54) is 4.31 Å². The molecule has 29 heavy (non-hydrogen) atoms. The first-order valence-electron chi connectivity index (χ1n) is 9.66. The summed E-state index contributed by atoms with van der Waals surface area (Å²) in [5.74, 6) is 0.611. The SMILES string of the molecule is COc1ccc(C(=O)C2CCN(S(=O)(=O)c3ccc4ccccc4c3)CC2)cc1. The minimum absolute atomic E-state index is 0.0652. The number of piperidine rings is 1. The summed E-state index contributed by atoms with van der Waals surface area (Å²) in [6.07, 6.45) is 1.05. The van der Waals surface area contributed by atoms with Crippen LogP contribution in [0.15, 0.2) is 71.6 Å². The molecule has 0 aromatic heterocycles. The molecule has 0 spiro atoms. The average molecular weight is 410 g/mol. The number of carbonyl (C=O) groups excluding carboxylic acids is 1. The lowest BCUT2D eigenvalue weighted by Crippen LogP contribution is -2.40. The van der Waals surface area contributed by atoms with Gasteiger partial charge in [0.05, 0.1) is 12.0 Å². The highest BCUT2D eigenvalue weighted by Gasteiger charge is 2.32. The van der Waals surface area contributed by atoms with E-state index in [2.05, 4.69) is 0 Å². The van der Waals surface area contributed by atoms with Crippen molar-refractivity contribution in [2.45, 2.75) is 17.7 Å². The molecule has 0 atom stereocenters. The van der Waals surface area contributed by atoms with Crippen LogP contribution in [0.3, 0.4) is 0 Å². The molecule has 5 nitrogen and oxygen atoms in total. The van der Waals surface area contributed by atoms with Gasteiger partial charge in [-0.1, -0.05) is 30.3 Å². The molecule has 1 saturated heterocycles. The Morgan fingerprint density at radius 3 is 2.24 bits per heavy atom. The summed E-state index contributed by atoms with van der Waals surface area (Å²) in [5, 5.41) is 1.91. The number of sulfonamides is 1. The molecule has 4 rings (SSSR count). The summed E-state index contributed by atoms with van der Waals surface area (Å²) >= 11 is 0. The Labute approximate surface area is 171 Å². The topological polar surface area (TPSA) is 63.7 Å². The first-order valence-corrected chi connectivity index (χ1v) is 11.1. The average Bonchev–Trinajstić information content (AvgIpc) is 2.78. The van der Waals surface area contributed by atoms with Crippen molar-refractivity contribution in [3.8, 4) is 5.75 Å². The van der Waals surface area contributed by atoms with Crippen LogP contribution in [0, 0.1) is 5.92 Å². The lowest BCUT2D eigenvalue weighted by molar-refractivity contribution is 0.0875. The molecular formula is C23H23NO4S. The van der Waals surface area contributed by atoms with Crippen LogP contribution in [0.4, 0.5) is 0 Å². The first-order chi connectivity index (χ1) is 14.0. The van der Waals surface area contributed by atoms with Gasteiger partial charge in [-0.05, 0) is 60.0 Å². The lowest BCUT2D eigenvalue weighted by Gasteiger charge is -2.30. The molecule has 1 heterocycles. The molecule has 6 heteroatoms. The Balaban J connectivity index is 1.46. The second-order valence-corrected chi connectivity index (χ2v) is 9.22. The first kappa shape index (κ1) is 19.6. The van der Waals surface area contributed by atoms with Crippen LogP contribution in [-0.2, 0) is 10.0 Å². The van der Waals surface area contributed by atoms with Crippen LogP contribution in [0.2, 0.25) is 0 Å². The van der Waals surface area contributed by atoms with Crippen molar-refractivity contribution in [1.29, 1.82) is 0 Å². The predicted molar refractivity (Wildman–Crippen MR) is 113 cm³/mol. The zero-order valence-electron chi connectivity index (χ0n) is 16.2. The number of hydrogen-bond acceptors (Lipinski definition) is 4. The minimum atomic E-state index is -3.57. The highest BCUT2D eigenvalue weighted by molar-refractivity contribution is 7.89. The molecule has 1 aliphatic heterocycles. The van der Waals surface area contributed by atoms with Gasteiger partial charge in [-0.15, -0.1) is 0 Å². The molecule has 0 radical (unpaired) electrons. The van der Waals surface area contributed by atoms with E-state index in [9.17, 15) is 13.2 Å². The van der Waals surface area contributed by atoms with Gasteiger partial charge < -0.3 is 4.74 Å². The second kappa shape index (κ2) is 7.97. The van der Waals surface area contributed by atoms with E-state index in [1.807, 2.05) is 30.3 Å². The molecular weight excluding hydrogens is 386 g/mol. The molecule has 150 valence electrons. The normalized spacial score (nSPS) is 16.0. The van der Waals surface area contributed by atoms with E-state index in [0.717, 1.165) is 10.8 Å². The molecule has 3 aromatic carbocycles. The number of Topliss-reactive ketones (excluding diaryl/α,β-unsaturated/α-hetero) is 1. The number of nitrogens with zero attached hydrogens (tertiary/aromatic N) is 1. The van der Waals surface area contributed by atoms with Crippen molar-refractivity contribution in [3.05, 3.63) is 72.3 Å². The van der Waals surface area contributed by atoms with E-state index >= 15 is 0 Å². The van der Waals surface area contributed by atoms with Gasteiger partial charge >= 0.3 is 0 Å². The molecule has 1 fully saturated rings. The van der Waals surface area contributed by atoms with Gasteiger partial charge in [0.15, 0.2) is 5.78 Å². The van der Waals surface area contributed by atoms with Gasteiger partial charge in [-0.2, -0.15) is 4.31 Å². The van der Waals surface area contributed by atoms with Crippen molar-refractivity contribution in [3.63, 3.8) is 0 Å². The third-order valence-corrected chi connectivity index (χ3v) is 7.45. The summed E-state index contributed by atoms with van der Waals surface area (Å²) < 4.78 is 32.8. The highest BCUT2D eigenvalue weighted by atomic mass is 32.2. The molecule has 0 amide bonds. The number of rotatable bonds is 5. The van der Waals surface area contributed by atoms with Gasteiger partial charge in [0.2, 0.25) is 10.0 Å². The van der Waals surface area contributed by atoms with E-state index in [0.29, 0.717) is 42.1 Å². The third-order valence-electron chi connectivity index (χ3n) is 5.56. The Bertz CT molecular complexity index is 1130. The van der Waals surface area contributed by atoms with Crippen LogP contribution in [0.1, 0.15) is 23.2 Å². The Hall–Kier alpha value is -2.70. The third kappa shape index (κ3) is 3.91. The summed E-state index contributed by atoms with van der Waals surface area (Å²) in [6, 6.07) is 20.0. The maximum absolute atomic E-state index is 13.1. The van der Waals surface area contributed by atoms with Crippen molar-refractivity contribution in [2.75, 3.05) is 20.2 Å². The van der Waals surface area contributed by atoms with Crippen LogP contribution in [0.25, 0.3) is 10.8 Å². The van der Waals surface area contributed by atoms with Crippen LogP contribution in [0.5, 0.6) is 5.75 Å². The van der Waals surface area contributed by atoms with Crippen molar-refractivity contribution in [1.82, 2.24) is 4.31 Å². The Morgan fingerprint density at radius 1 is 0.931 bits per heavy atom. The van der Waals surface area contributed by atoms with Crippen LogP contribution in [-0.4, -0.2) is 38.7 Å². The maximum Gasteiger partial charge on any atom is 0.243 e. The lowest BCUT2D eigenvalue weighted by atomic mass is 9.89. The smallest absolute Gasteiger partial charge is 0.243 e. The fourth-order valence-electron chi connectivity index (χ4n) is 3.83. The van der Waals surface area contributed by atoms with E-state index < -0.39 is 10.0 Å². The van der Waals surface area contributed by atoms with Crippen molar-refractivity contribution < 1.29 is 17.9 Å². The monoisotopic (exact) mass is 409 g/mol. The van der Waals surface area contributed by atoms with Crippen LogP contribution < -0.4 is 4.74 Å². The highest BCUT2D eigenvalue weighted by Crippen LogP contribution is 2.28. The van der Waals surface area contributed by atoms with Crippen molar-refractivity contribution >= 4 is 26.6 Å². The molecule has 0 N–H and O–H groups in total. The summed E-state index contributed by atoms with van der Waals surface area (Å²) in [5.41, 5.74) is 0.640. The van der Waals surface area contributed by atoms with E-state index in [1.54, 1.807) is 43.5 Å². The fourth-order valence-corrected chi connectivity index (χ4v) is 5.33. The summed E-state index contributed by atoms with van der Waals surface area (Å²) in [4.78, 5) is 13.1. The molecule has 1 aliphatic rings. The second-order valence-electron chi connectivity index (χ2n) is 7.28. The van der Waals surface area contributed by atoms with Crippen molar-refractivity contribution in [2.24, 2.45) is 5.92 Å². The number of fused-ring (bicyclic) bond motifs is 1. The molecule has 0 unspecified atom stereocenters. The van der Waals surface area contributed by atoms with E-state index in [-0.39, 0.29) is 11.7 Å². The number of methoxy groups -OCH3 is 1. The van der Waals surface area contributed by atoms with Gasteiger partial charge in [0.25, 0.3) is 0 Å². The standard InChI is InChI=1S/C23H23NO4S/c1-28-21-9-6-18(7-10-21)23(25)19-12-14-24(15-13-19)29(26,27)22-11-8-17-4-2-3-5-20(17)16-22/h2-11,16,19H,12-15H2,1H3. The van der Waals surface area contributed by atoms with Gasteiger partial charge in [0, 0.05) is 24.6 Å². The minimum Gasteiger partial charge on any atom is -0.497 e. The fraction of sp³-hybridized carbons (Fsp3) is 0.261. The van der Waals surface area contributed by atoms with E-state index in [4.69, 9.17) is 4.74 Å². The quantitative estimate of drug-likeness (QED) is 0.595. The van der Waals surface area contributed by atoms with Gasteiger partial charge in [-0.3, -0.25) is 4.79 Å². The molecule has 0 bridgehead atoms. The molecule has 0 saturated carbocycles. The van der Waals surface area contributed by atoms with Gasteiger partial charge in [0.1, 0.15) is 5.75 Å². The number of carbonyl (C=O) groups is 1. The molecule has 3 aromatic rings. The summed E-state index contributed by atoms with van der Waals surface area (Å²) in [7, 11) is -1.98. The predicted octanol–water partition coefficient (Wildman–Crippen LogP) is 4.13. The number of ether oxygens (including phenoxy) is 1. The molecule has 0 aliphatic carbocycles. The maximum atomic E-state index is 13.1. The zero-order valence-corrected chi connectivity index (χ0v) is 17.1. The number of ketones is 1. The zero-order chi connectivity index (χ0) is 20.4.